The number of hydrogen-bond donors (Lipinski definition) is 0. The molecule has 27 heavy (non-hydrogen) atoms. The van der Waals surface area contributed by atoms with E-state index < -0.39 is 0 Å². The Morgan fingerprint density at radius 2 is 1.85 bits per heavy atom. The highest BCUT2D eigenvalue weighted by atomic mass is 16.2. The average Bonchev–Trinajstić information content (AvgIpc) is 2.88. The molecule has 0 amide bonds. The molecule has 0 radical (unpaired) electrons. The minimum Gasteiger partial charge on any atom is -0.369 e. The number of hydrogen-bond acceptors (Lipinski definition) is 5. The molecule has 1 aliphatic heterocycles. The molecule has 0 spiro atoms. The molecule has 3 heterocycles. The second-order valence-corrected chi connectivity index (χ2v) is 6.75. The topological polar surface area (TPSA) is 69.6 Å². The van der Waals surface area contributed by atoms with E-state index in [9.17, 15) is 10.1 Å². The molecule has 1 fully saturated rings. The molecule has 0 bridgehead atoms. The van der Waals surface area contributed by atoms with Crippen LogP contribution in [0.2, 0.25) is 0 Å². The molecule has 138 valence electrons. The van der Waals surface area contributed by atoms with Crippen molar-refractivity contribution in [1.82, 2.24) is 19.1 Å². The van der Waals surface area contributed by atoms with E-state index in [4.69, 9.17) is 0 Å². The fourth-order valence-electron chi connectivity index (χ4n) is 3.63. The predicted octanol–water partition coefficient (Wildman–Crippen LogP) is 1.58. The highest BCUT2D eigenvalue weighted by molar-refractivity contribution is 5.59. The average molecular weight is 362 g/mol. The summed E-state index contributed by atoms with van der Waals surface area (Å²) in [6.45, 7) is 5.06. The van der Waals surface area contributed by atoms with Crippen LogP contribution in [0.4, 0.5) is 5.69 Å². The van der Waals surface area contributed by atoms with Crippen molar-refractivity contribution < 1.29 is 0 Å². The van der Waals surface area contributed by atoms with Crippen molar-refractivity contribution >= 4 is 11.3 Å². The van der Waals surface area contributed by atoms with Crippen LogP contribution in [0.15, 0.2) is 53.5 Å². The van der Waals surface area contributed by atoms with Gasteiger partial charge in [0.1, 0.15) is 6.07 Å². The Balaban J connectivity index is 1.41. The number of anilines is 1. The largest absolute Gasteiger partial charge is 0.369 e. The van der Waals surface area contributed by atoms with Crippen molar-refractivity contribution in [1.29, 1.82) is 5.26 Å². The number of para-hydroxylation sites is 1. The number of nitrogens with zero attached hydrogens (tertiary/aromatic N) is 6. The summed E-state index contributed by atoms with van der Waals surface area (Å²) in [5.41, 5.74) is 2.32. The zero-order valence-corrected chi connectivity index (χ0v) is 15.2. The predicted molar refractivity (Wildman–Crippen MR) is 104 cm³/mol. The molecule has 0 unspecified atom stereocenters. The Morgan fingerprint density at radius 3 is 2.70 bits per heavy atom. The Hall–Kier alpha value is -3.11. The first-order valence-electron chi connectivity index (χ1n) is 9.27. The first-order valence-corrected chi connectivity index (χ1v) is 9.27. The SMILES string of the molecule is N#Cc1ccccc1N1CCCN(CCn2nc3ccccn3c2=O)CC1. The fourth-order valence-corrected chi connectivity index (χ4v) is 3.63. The summed E-state index contributed by atoms with van der Waals surface area (Å²) in [5, 5.41) is 13.7. The summed E-state index contributed by atoms with van der Waals surface area (Å²) in [6.07, 6.45) is 2.78. The van der Waals surface area contributed by atoms with Crippen LogP contribution in [0.3, 0.4) is 0 Å². The zero-order valence-electron chi connectivity index (χ0n) is 15.2. The minimum absolute atomic E-state index is 0.0926. The number of rotatable bonds is 4. The van der Waals surface area contributed by atoms with Crippen LogP contribution >= 0.6 is 0 Å². The van der Waals surface area contributed by atoms with E-state index in [1.165, 1.54) is 0 Å². The molecule has 3 aromatic rings. The summed E-state index contributed by atoms with van der Waals surface area (Å²) in [5.74, 6) is 0. The van der Waals surface area contributed by atoms with Gasteiger partial charge in [-0.05, 0) is 37.2 Å². The summed E-state index contributed by atoms with van der Waals surface area (Å²) >= 11 is 0. The molecule has 0 N–H and O–H groups in total. The van der Waals surface area contributed by atoms with Crippen LogP contribution in [0, 0.1) is 11.3 Å². The van der Waals surface area contributed by atoms with Crippen molar-refractivity contribution in [3.63, 3.8) is 0 Å². The van der Waals surface area contributed by atoms with E-state index in [0.29, 0.717) is 12.2 Å². The van der Waals surface area contributed by atoms with Gasteiger partial charge in [0.2, 0.25) is 0 Å². The number of aromatic nitrogens is 3. The lowest BCUT2D eigenvalue weighted by molar-refractivity contribution is 0.274. The van der Waals surface area contributed by atoms with Crippen molar-refractivity contribution in [2.75, 3.05) is 37.6 Å². The van der Waals surface area contributed by atoms with Gasteiger partial charge in [0, 0.05) is 32.4 Å². The molecule has 1 aromatic carbocycles. The monoisotopic (exact) mass is 362 g/mol. The van der Waals surface area contributed by atoms with Crippen LogP contribution in [-0.2, 0) is 6.54 Å². The van der Waals surface area contributed by atoms with Gasteiger partial charge in [-0.15, -0.1) is 5.10 Å². The third-order valence-electron chi connectivity index (χ3n) is 5.07. The van der Waals surface area contributed by atoms with E-state index in [-0.39, 0.29) is 5.69 Å². The van der Waals surface area contributed by atoms with Crippen LogP contribution in [-0.4, -0.2) is 51.8 Å². The van der Waals surface area contributed by atoms with Crippen LogP contribution < -0.4 is 10.6 Å². The third-order valence-corrected chi connectivity index (χ3v) is 5.07. The number of pyridine rings is 1. The van der Waals surface area contributed by atoms with Crippen LogP contribution in [0.5, 0.6) is 0 Å². The first-order chi connectivity index (χ1) is 13.3. The zero-order chi connectivity index (χ0) is 18.6. The van der Waals surface area contributed by atoms with Gasteiger partial charge in [0.15, 0.2) is 5.65 Å². The number of fused-ring (bicyclic) bond motifs is 1. The van der Waals surface area contributed by atoms with Gasteiger partial charge < -0.3 is 4.90 Å². The van der Waals surface area contributed by atoms with Crippen LogP contribution in [0.1, 0.15) is 12.0 Å². The van der Waals surface area contributed by atoms with Crippen molar-refractivity contribution in [2.24, 2.45) is 0 Å². The van der Waals surface area contributed by atoms with E-state index in [0.717, 1.165) is 50.4 Å². The summed E-state index contributed by atoms with van der Waals surface area (Å²) in [7, 11) is 0. The Kier molecular flexibility index (Phi) is 4.90. The van der Waals surface area contributed by atoms with Gasteiger partial charge in [-0.1, -0.05) is 18.2 Å². The molecule has 1 aliphatic rings. The molecule has 0 aliphatic carbocycles. The standard InChI is InChI=1S/C20H22N6O/c21-16-17-6-1-2-7-18(17)24-10-5-9-23(12-14-24)13-15-26-20(27)25-11-4-3-8-19(25)22-26/h1-4,6-8,11H,5,9-10,12-15H2. The fraction of sp³-hybridized carbons (Fsp3) is 0.350. The van der Waals surface area contributed by atoms with Gasteiger partial charge in [0.05, 0.1) is 17.8 Å². The molecule has 1 saturated heterocycles. The Bertz CT molecular complexity index is 1030. The van der Waals surface area contributed by atoms with E-state index >= 15 is 0 Å². The molecule has 4 rings (SSSR count). The highest BCUT2D eigenvalue weighted by Crippen LogP contribution is 2.21. The second kappa shape index (κ2) is 7.64. The summed E-state index contributed by atoms with van der Waals surface area (Å²) in [6, 6.07) is 15.6. The molecular formula is C20H22N6O. The second-order valence-electron chi connectivity index (χ2n) is 6.75. The van der Waals surface area contributed by atoms with E-state index in [2.05, 4.69) is 21.0 Å². The lowest BCUT2D eigenvalue weighted by Crippen LogP contribution is -2.34. The summed E-state index contributed by atoms with van der Waals surface area (Å²) in [4.78, 5) is 17.0. The first kappa shape index (κ1) is 17.3. The Morgan fingerprint density at radius 1 is 1.00 bits per heavy atom. The molecular weight excluding hydrogens is 340 g/mol. The molecule has 0 atom stereocenters. The van der Waals surface area contributed by atoms with E-state index in [1.807, 2.05) is 42.5 Å². The summed E-state index contributed by atoms with van der Waals surface area (Å²) < 4.78 is 3.12. The molecule has 7 heteroatoms. The maximum Gasteiger partial charge on any atom is 0.350 e. The van der Waals surface area contributed by atoms with Crippen molar-refractivity contribution in [3.8, 4) is 6.07 Å². The molecule has 0 saturated carbocycles. The lowest BCUT2D eigenvalue weighted by Gasteiger charge is -2.24. The van der Waals surface area contributed by atoms with Gasteiger partial charge in [-0.2, -0.15) is 5.26 Å². The van der Waals surface area contributed by atoms with Crippen molar-refractivity contribution in [3.05, 3.63) is 64.7 Å². The highest BCUT2D eigenvalue weighted by Gasteiger charge is 2.17. The maximum absolute atomic E-state index is 12.4. The minimum atomic E-state index is -0.0926. The lowest BCUT2D eigenvalue weighted by atomic mass is 10.1. The molecule has 7 nitrogen and oxygen atoms in total. The number of benzene rings is 1. The number of nitriles is 1. The Labute approximate surface area is 157 Å². The quantitative estimate of drug-likeness (QED) is 0.705. The van der Waals surface area contributed by atoms with Crippen LogP contribution in [0.25, 0.3) is 5.65 Å². The molecule has 2 aromatic heterocycles. The smallest absolute Gasteiger partial charge is 0.350 e. The van der Waals surface area contributed by atoms with Gasteiger partial charge in [-0.3, -0.25) is 9.30 Å². The van der Waals surface area contributed by atoms with Gasteiger partial charge in [0.25, 0.3) is 0 Å². The van der Waals surface area contributed by atoms with Crippen molar-refractivity contribution in [2.45, 2.75) is 13.0 Å². The van der Waals surface area contributed by atoms with Gasteiger partial charge in [-0.25, -0.2) is 9.48 Å². The van der Waals surface area contributed by atoms with Gasteiger partial charge >= 0.3 is 5.69 Å². The van der Waals surface area contributed by atoms with E-state index in [1.54, 1.807) is 15.3 Å². The maximum atomic E-state index is 12.4. The third kappa shape index (κ3) is 3.57. The normalized spacial score (nSPS) is 15.6.